The number of aliphatic hydroxyl groups excluding tert-OH is 1. The summed E-state index contributed by atoms with van der Waals surface area (Å²) in [5, 5.41) is 10.3. The topological polar surface area (TPSA) is 99.1 Å². The van der Waals surface area contributed by atoms with E-state index in [1.165, 1.54) is 13.8 Å². The summed E-state index contributed by atoms with van der Waals surface area (Å²) in [6.45, 7) is 23.1. The van der Waals surface area contributed by atoms with Gasteiger partial charge >= 0.3 is 17.9 Å². The van der Waals surface area contributed by atoms with E-state index in [4.69, 9.17) is 14.2 Å². The van der Waals surface area contributed by atoms with E-state index in [0.29, 0.717) is 11.8 Å². The summed E-state index contributed by atoms with van der Waals surface area (Å²) in [6, 6.07) is 0. The highest BCUT2D eigenvalue weighted by molar-refractivity contribution is 5.79. The second kappa shape index (κ2) is 11.4. The van der Waals surface area contributed by atoms with Crippen LogP contribution in [0, 0.1) is 56.7 Å². The minimum Gasteiger partial charge on any atom is -0.465 e. The van der Waals surface area contributed by atoms with Gasteiger partial charge in [0.05, 0.1) is 12.0 Å². The largest absolute Gasteiger partial charge is 0.465 e. The first-order valence-electron chi connectivity index (χ1n) is 17.6. The minimum atomic E-state index is -0.552. The van der Waals surface area contributed by atoms with Crippen LogP contribution in [0.5, 0.6) is 0 Å². The fourth-order valence-electron chi connectivity index (χ4n) is 12.5. The van der Waals surface area contributed by atoms with Crippen molar-refractivity contribution in [2.45, 2.75) is 138 Å². The van der Waals surface area contributed by atoms with Gasteiger partial charge in [-0.25, -0.2) is 0 Å². The van der Waals surface area contributed by atoms with Crippen molar-refractivity contribution in [2.75, 3.05) is 13.2 Å². The lowest BCUT2D eigenvalue weighted by Gasteiger charge is -2.72. The monoisotopic (exact) mass is 628 g/mol. The quantitative estimate of drug-likeness (QED) is 0.186. The van der Waals surface area contributed by atoms with E-state index in [1.807, 2.05) is 20.8 Å². The predicted octanol–water partition coefficient (Wildman–Crippen LogP) is 7.43. The second-order valence-corrected chi connectivity index (χ2v) is 17.7. The van der Waals surface area contributed by atoms with Gasteiger partial charge in [0, 0.05) is 19.3 Å². The summed E-state index contributed by atoms with van der Waals surface area (Å²) in [5.74, 6) is 0.633. The molecule has 254 valence electrons. The Balaban J connectivity index is 1.53. The molecule has 7 nitrogen and oxygen atoms in total. The van der Waals surface area contributed by atoms with Gasteiger partial charge < -0.3 is 19.3 Å². The summed E-state index contributed by atoms with van der Waals surface area (Å²) < 4.78 is 17.8. The third-order valence-corrected chi connectivity index (χ3v) is 14.6. The molecule has 1 N–H and O–H groups in total. The fraction of sp³-hybridized carbons (Fsp3) is 0.868. The number of ether oxygens (including phenoxy) is 3. The Hall–Kier alpha value is -1.89. The first-order chi connectivity index (χ1) is 20.8. The first-order valence-corrected chi connectivity index (χ1v) is 17.6. The number of esters is 3. The molecule has 0 aromatic rings. The lowest BCUT2D eigenvalue weighted by Crippen LogP contribution is -2.68. The molecule has 4 unspecified atom stereocenters. The van der Waals surface area contributed by atoms with Gasteiger partial charge in [-0.3, -0.25) is 14.4 Å². The van der Waals surface area contributed by atoms with Gasteiger partial charge in [0.2, 0.25) is 0 Å². The number of rotatable bonds is 6. The standard InChI is InChI=1S/C38H60O7/c1-23(21-39)26-13-18-38(32(42)45-33(4,5)6)20-19-36(9)27(31(26)38)11-12-29-34(7)16-15-30(44-25(3)41)35(8,22-43-24(2)40)28(34)14-17-37(29,36)10/h26-31,39H,1,11-22H2,2-10H3/t26-,27?,28?,29?,30-,31?,34-,35-,36+,37+,38-/m0/s1. The van der Waals surface area contributed by atoms with E-state index >= 15 is 0 Å². The minimum absolute atomic E-state index is 0.00397. The Bertz CT molecular complexity index is 1220. The van der Waals surface area contributed by atoms with Crippen LogP contribution in [0.25, 0.3) is 0 Å². The molecule has 0 saturated heterocycles. The van der Waals surface area contributed by atoms with Gasteiger partial charge in [-0.05, 0) is 136 Å². The second-order valence-electron chi connectivity index (χ2n) is 17.7. The van der Waals surface area contributed by atoms with Crippen molar-refractivity contribution in [1.82, 2.24) is 0 Å². The molecule has 5 saturated carbocycles. The number of carbonyl (C=O) groups excluding carboxylic acids is 3. The molecule has 0 aromatic heterocycles. The van der Waals surface area contributed by atoms with Crippen LogP contribution in [0.2, 0.25) is 0 Å². The van der Waals surface area contributed by atoms with Gasteiger partial charge in [0.25, 0.3) is 0 Å². The van der Waals surface area contributed by atoms with E-state index in [2.05, 4.69) is 34.3 Å². The molecular formula is C38H60O7. The van der Waals surface area contributed by atoms with Crippen molar-refractivity contribution in [3.8, 4) is 0 Å². The number of fused-ring (bicyclic) bond motifs is 7. The van der Waals surface area contributed by atoms with Crippen LogP contribution in [0.1, 0.15) is 127 Å². The smallest absolute Gasteiger partial charge is 0.312 e. The molecule has 0 spiro atoms. The Kier molecular flexibility index (Phi) is 8.70. The average Bonchev–Trinajstić information content (AvgIpc) is 3.34. The van der Waals surface area contributed by atoms with Gasteiger partial charge in [0.15, 0.2) is 0 Å². The highest BCUT2D eigenvalue weighted by atomic mass is 16.6. The van der Waals surface area contributed by atoms with Crippen LogP contribution in [0.15, 0.2) is 12.2 Å². The summed E-state index contributed by atoms with van der Waals surface area (Å²) >= 11 is 0. The highest BCUT2D eigenvalue weighted by Gasteiger charge is 2.73. The molecule has 5 aliphatic rings. The van der Waals surface area contributed by atoms with E-state index in [-0.39, 0.29) is 71.2 Å². The number of hydrogen-bond donors (Lipinski definition) is 1. The predicted molar refractivity (Wildman–Crippen MR) is 173 cm³/mol. The molecule has 5 aliphatic carbocycles. The van der Waals surface area contributed by atoms with Crippen molar-refractivity contribution in [3.63, 3.8) is 0 Å². The maximum absolute atomic E-state index is 14.2. The van der Waals surface area contributed by atoms with E-state index in [9.17, 15) is 19.5 Å². The summed E-state index contributed by atoms with van der Waals surface area (Å²) in [4.78, 5) is 38.4. The lowest BCUT2D eigenvalue weighted by molar-refractivity contribution is -0.258. The van der Waals surface area contributed by atoms with Gasteiger partial charge in [0.1, 0.15) is 18.3 Å². The maximum Gasteiger partial charge on any atom is 0.312 e. The molecule has 5 fully saturated rings. The third kappa shape index (κ3) is 5.20. The van der Waals surface area contributed by atoms with Gasteiger partial charge in [-0.1, -0.05) is 34.3 Å². The Morgan fingerprint density at radius 2 is 1.51 bits per heavy atom. The molecule has 0 aromatic carbocycles. The molecule has 7 heteroatoms. The lowest BCUT2D eigenvalue weighted by atomic mass is 9.32. The summed E-state index contributed by atoms with van der Waals surface area (Å²) in [6.07, 6.45) is 9.08. The Labute approximate surface area is 271 Å². The van der Waals surface area contributed by atoms with Crippen LogP contribution in [0.4, 0.5) is 0 Å². The Morgan fingerprint density at radius 3 is 2.11 bits per heavy atom. The van der Waals surface area contributed by atoms with Crippen LogP contribution in [0.3, 0.4) is 0 Å². The number of carbonyl (C=O) groups is 3. The van der Waals surface area contributed by atoms with Crippen molar-refractivity contribution in [1.29, 1.82) is 0 Å². The normalized spacial score (nSPS) is 45.6. The van der Waals surface area contributed by atoms with E-state index < -0.39 is 16.4 Å². The summed E-state index contributed by atoms with van der Waals surface area (Å²) in [5.41, 5.74) is -0.627. The van der Waals surface area contributed by atoms with E-state index in [1.54, 1.807) is 0 Å². The molecule has 11 atom stereocenters. The van der Waals surface area contributed by atoms with Crippen LogP contribution < -0.4 is 0 Å². The molecule has 0 heterocycles. The zero-order valence-electron chi connectivity index (χ0n) is 29.6. The van der Waals surface area contributed by atoms with Gasteiger partial charge in [-0.15, -0.1) is 0 Å². The molecule has 0 radical (unpaired) electrons. The number of aliphatic hydroxyl groups is 1. The van der Waals surface area contributed by atoms with Crippen LogP contribution >= 0.6 is 0 Å². The number of hydrogen-bond acceptors (Lipinski definition) is 7. The molecular weight excluding hydrogens is 568 g/mol. The fourth-order valence-corrected chi connectivity index (χ4v) is 12.5. The average molecular weight is 629 g/mol. The zero-order chi connectivity index (χ0) is 33.4. The highest BCUT2D eigenvalue weighted by Crippen LogP contribution is 2.77. The molecule has 0 aliphatic heterocycles. The van der Waals surface area contributed by atoms with Gasteiger partial charge in [-0.2, -0.15) is 0 Å². The molecule has 0 bridgehead atoms. The van der Waals surface area contributed by atoms with Crippen molar-refractivity contribution >= 4 is 17.9 Å². The SMILES string of the molecule is C=C(CO)[C@@H]1CC[C@]2(C(=O)OC(C)(C)C)CC[C@]3(C)C(CCC4[C@@]5(C)CC[C@H](OC(C)=O)[C@@](C)(COC(C)=O)C5CC[C@]43C)C12. The summed E-state index contributed by atoms with van der Waals surface area (Å²) in [7, 11) is 0. The Morgan fingerprint density at radius 1 is 0.822 bits per heavy atom. The third-order valence-electron chi connectivity index (χ3n) is 14.6. The van der Waals surface area contributed by atoms with Crippen LogP contribution in [-0.2, 0) is 28.6 Å². The van der Waals surface area contributed by atoms with Crippen LogP contribution in [-0.4, -0.2) is 47.9 Å². The molecule has 5 rings (SSSR count). The maximum atomic E-state index is 14.2. The van der Waals surface area contributed by atoms with E-state index in [0.717, 1.165) is 69.8 Å². The zero-order valence-corrected chi connectivity index (χ0v) is 29.6. The molecule has 0 amide bonds. The van der Waals surface area contributed by atoms with Crippen molar-refractivity contribution < 1.29 is 33.7 Å². The van der Waals surface area contributed by atoms with Crippen molar-refractivity contribution in [3.05, 3.63) is 12.2 Å². The first kappa shape index (κ1) is 34.4. The molecule has 45 heavy (non-hydrogen) atoms. The van der Waals surface area contributed by atoms with Crippen molar-refractivity contribution in [2.24, 2.45) is 56.7 Å².